The number of hydrogen-bond acceptors (Lipinski definition) is 7. The highest BCUT2D eigenvalue weighted by Crippen LogP contribution is 2.36. The van der Waals surface area contributed by atoms with Crippen LogP contribution in [0.15, 0.2) is 41.5 Å². The number of benzene rings is 1. The first-order valence-electron chi connectivity index (χ1n) is 11.6. The van der Waals surface area contributed by atoms with Gasteiger partial charge in [-0.3, -0.25) is 14.2 Å². The van der Waals surface area contributed by atoms with Crippen LogP contribution in [0.5, 0.6) is 5.75 Å². The minimum Gasteiger partial charge on any atom is -0.495 e. The Hall–Kier alpha value is -4.09. The van der Waals surface area contributed by atoms with Crippen molar-refractivity contribution < 1.29 is 27.8 Å². The minimum absolute atomic E-state index is 0.0956. The number of aromatic nitrogens is 3. The van der Waals surface area contributed by atoms with Crippen molar-refractivity contribution in [3.8, 4) is 11.6 Å². The minimum atomic E-state index is -4.54. The second-order valence-electron chi connectivity index (χ2n) is 8.84. The van der Waals surface area contributed by atoms with Gasteiger partial charge in [-0.2, -0.15) is 13.2 Å². The standard InChI is InChI=1S/C25H26F3N5O4/c1-14-11-20(30-15(2)21(14)32-9-4-5-16(13-32)24(35)36)33-10-8-29-22(23(33)34)31-18-7-6-17(25(26,27)28)12-19(18)37-3/h6-8,10-12,16H,4-5,9,13H2,1-3H3,(H,29,31)(H,35,36). The molecule has 3 heterocycles. The van der Waals surface area contributed by atoms with E-state index >= 15 is 0 Å². The Bertz CT molecular complexity index is 1370. The monoisotopic (exact) mass is 517 g/mol. The number of ether oxygens (including phenoxy) is 1. The van der Waals surface area contributed by atoms with E-state index < -0.39 is 29.2 Å². The molecule has 0 bridgehead atoms. The smallest absolute Gasteiger partial charge is 0.416 e. The molecule has 1 aliphatic rings. The van der Waals surface area contributed by atoms with Gasteiger partial charge in [-0.05, 0) is 56.5 Å². The Morgan fingerprint density at radius 2 is 2.00 bits per heavy atom. The highest BCUT2D eigenvalue weighted by atomic mass is 19.4. The summed E-state index contributed by atoms with van der Waals surface area (Å²) in [5.74, 6) is -1.16. The number of nitrogens with one attached hydrogen (secondary N) is 1. The van der Waals surface area contributed by atoms with Gasteiger partial charge in [0, 0.05) is 25.5 Å². The van der Waals surface area contributed by atoms with Crippen molar-refractivity contribution in [1.29, 1.82) is 0 Å². The van der Waals surface area contributed by atoms with Crippen molar-refractivity contribution in [2.45, 2.75) is 32.9 Å². The first-order valence-corrected chi connectivity index (χ1v) is 11.6. The number of aliphatic carboxylic acids is 1. The molecule has 1 aliphatic heterocycles. The summed E-state index contributed by atoms with van der Waals surface area (Å²) >= 11 is 0. The van der Waals surface area contributed by atoms with Crippen LogP contribution in [0.4, 0.5) is 30.4 Å². The van der Waals surface area contributed by atoms with Gasteiger partial charge in [0.25, 0.3) is 5.56 Å². The third-order valence-electron chi connectivity index (χ3n) is 6.30. The Kier molecular flexibility index (Phi) is 7.10. The molecule has 2 N–H and O–H groups in total. The largest absolute Gasteiger partial charge is 0.495 e. The van der Waals surface area contributed by atoms with Gasteiger partial charge >= 0.3 is 12.1 Å². The van der Waals surface area contributed by atoms with Crippen LogP contribution >= 0.6 is 0 Å². The van der Waals surface area contributed by atoms with Crippen LogP contribution in [0.1, 0.15) is 29.7 Å². The van der Waals surface area contributed by atoms with Crippen molar-refractivity contribution in [3.63, 3.8) is 0 Å². The topological polar surface area (TPSA) is 110 Å². The molecule has 37 heavy (non-hydrogen) atoms. The lowest BCUT2D eigenvalue weighted by atomic mass is 9.97. The van der Waals surface area contributed by atoms with Gasteiger partial charge in [0.05, 0.1) is 35.7 Å². The highest BCUT2D eigenvalue weighted by molar-refractivity contribution is 5.72. The van der Waals surface area contributed by atoms with E-state index in [1.165, 1.54) is 30.1 Å². The first-order chi connectivity index (χ1) is 17.5. The number of nitrogens with zero attached hydrogens (tertiary/aromatic N) is 4. The van der Waals surface area contributed by atoms with E-state index in [1.54, 1.807) is 13.0 Å². The van der Waals surface area contributed by atoms with Crippen LogP contribution in [0.2, 0.25) is 0 Å². The summed E-state index contributed by atoms with van der Waals surface area (Å²) in [6.07, 6.45) is -0.340. The summed E-state index contributed by atoms with van der Waals surface area (Å²) in [6, 6.07) is 4.63. The quantitative estimate of drug-likeness (QED) is 0.498. The maximum absolute atomic E-state index is 13.2. The number of piperidine rings is 1. The van der Waals surface area contributed by atoms with Crippen LogP contribution in [0.25, 0.3) is 5.82 Å². The fraction of sp³-hybridized carbons (Fsp3) is 0.360. The molecule has 9 nitrogen and oxygen atoms in total. The molecule has 1 saturated heterocycles. The van der Waals surface area contributed by atoms with Crippen LogP contribution in [0, 0.1) is 19.8 Å². The van der Waals surface area contributed by atoms with Gasteiger partial charge in [-0.25, -0.2) is 9.97 Å². The third-order valence-corrected chi connectivity index (χ3v) is 6.30. The van der Waals surface area contributed by atoms with Gasteiger partial charge in [-0.1, -0.05) is 0 Å². The molecule has 4 rings (SSSR count). The number of hydrogen-bond donors (Lipinski definition) is 2. The van der Waals surface area contributed by atoms with Gasteiger partial charge in [-0.15, -0.1) is 0 Å². The Morgan fingerprint density at radius 1 is 1.24 bits per heavy atom. The van der Waals surface area contributed by atoms with E-state index in [2.05, 4.69) is 15.3 Å². The van der Waals surface area contributed by atoms with Crippen LogP contribution in [-0.4, -0.2) is 45.8 Å². The second kappa shape index (κ2) is 10.1. The number of methoxy groups -OCH3 is 1. The fourth-order valence-corrected chi connectivity index (χ4v) is 4.56. The second-order valence-corrected chi connectivity index (χ2v) is 8.84. The summed E-state index contributed by atoms with van der Waals surface area (Å²) in [7, 11) is 1.23. The molecule has 0 spiro atoms. The molecule has 0 radical (unpaired) electrons. The molecule has 0 aliphatic carbocycles. The number of alkyl halides is 3. The maximum atomic E-state index is 13.2. The van der Waals surface area contributed by atoms with Crippen molar-refractivity contribution in [2.24, 2.45) is 5.92 Å². The van der Waals surface area contributed by atoms with Crippen LogP contribution in [0.3, 0.4) is 0 Å². The average Bonchev–Trinajstić information content (AvgIpc) is 2.84. The van der Waals surface area contributed by atoms with Crippen molar-refractivity contribution >= 4 is 23.2 Å². The van der Waals surface area contributed by atoms with E-state index in [4.69, 9.17) is 4.74 Å². The number of anilines is 3. The zero-order valence-corrected chi connectivity index (χ0v) is 20.5. The maximum Gasteiger partial charge on any atom is 0.416 e. The molecule has 1 aromatic carbocycles. The Morgan fingerprint density at radius 3 is 2.65 bits per heavy atom. The van der Waals surface area contributed by atoms with Gasteiger partial charge in [0.2, 0.25) is 0 Å². The molecule has 2 aromatic heterocycles. The molecule has 196 valence electrons. The molecular formula is C25H26F3N5O4. The van der Waals surface area contributed by atoms with Crippen molar-refractivity contribution in [3.05, 3.63) is 63.8 Å². The van der Waals surface area contributed by atoms with Gasteiger partial charge < -0.3 is 20.1 Å². The number of carboxylic acids is 1. The van der Waals surface area contributed by atoms with E-state index in [-0.39, 0.29) is 17.3 Å². The summed E-state index contributed by atoms with van der Waals surface area (Å²) in [4.78, 5) is 35.4. The van der Waals surface area contributed by atoms with E-state index in [0.717, 1.165) is 29.8 Å². The third kappa shape index (κ3) is 5.37. The number of rotatable bonds is 6. The summed E-state index contributed by atoms with van der Waals surface area (Å²) in [6.45, 7) is 4.77. The summed E-state index contributed by atoms with van der Waals surface area (Å²) in [5.41, 5.74) is 1.01. The number of pyridine rings is 1. The molecule has 1 fully saturated rings. The molecule has 3 aromatic rings. The molecule has 12 heteroatoms. The lowest BCUT2D eigenvalue weighted by Crippen LogP contribution is -2.39. The van der Waals surface area contributed by atoms with E-state index in [1.807, 2.05) is 11.8 Å². The van der Waals surface area contributed by atoms with E-state index in [0.29, 0.717) is 31.0 Å². The first kappa shape index (κ1) is 26.0. The highest BCUT2D eigenvalue weighted by Gasteiger charge is 2.31. The van der Waals surface area contributed by atoms with Crippen molar-refractivity contribution in [2.75, 3.05) is 30.4 Å². The number of halogens is 3. The predicted molar refractivity (Wildman–Crippen MR) is 131 cm³/mol. The number of carbonyl (C=O) groups is 1. The lowest BCUT2D eigenvalue weighted by Gasteiger charge is -2.34. The van der Waals surface area contributed by atoms with Crippen molar-refractivity contribution in [1.82, 2.24) is 14.5 Å². The molecule has 0 saturated carbocycles. The SMILES string of the molecule is COc1cc(C(F)(F)F)ccc1Nc1nccn(-c2cc(C)c(N3CCCC(C(=O)O)C3)c(C)n2)c1=O. The van der Waals surface area contributed by atoms with Gasteiger partial charge in [0.15, 0.2) is 5.82 Å². The zero-order chi connectivity index (χ0) is 26.9. The van der Waals surface area contributed by atoms with Gasteiger partial charge in [0.1, 0.15) is 11.6 Å². The zero-order valence-electron chi connectivity index (χ0n) is 20.5. The molecule has 0 amide bonds. The number of carboxylic acid groups (broad SMARTS) is 1. The van der Waals surface area contributed by atoms with Crippen LogP contribution < -0.4 is 20.5 Å². The lowest BCUT2D eigenvalue weighted by molar-refractivity contribution is -0.142. The van der Waals surface area contributed by atoms with E-state index in [9.17, 15) is 27.9 Å². The Labute approximate surface area is 210 Å². The Balaban J connectivity index is 1.66. The normalized spacial score (nSPS) is 15.9. The molecular weight excluding hydrogens is 491 g/mol. The average molecular weight is 518 g/mol. The van der Waals surface area contributed by atoms with Crippen LogP contribution in [-0.2, 0) is 11.0 Å². The molecule has 1 atom stereocenters. The number of aryl methyl sites for hydroxylation is 2. The summed E-state index contributed by atoms with van der Waals surface area (Å²) in [5, 5.41) is 12.2. The fourth-order valence-electron chi connectivity index (χ4n) is 4.56. The molecule has 1 unspecified atom stereocenters. The summed E-state index contributed by atoms with van der Waals surface area (Å²) < 4.78 is 45.5. The predicted octanol–water partition coefficient (Wildman–Crippen LogP) is 4.32.